The third-order valence-corrected chi connectivity index (χ3v) is 3.08. The van der Waals surface area contributed by atoms with E-state index in [2.05, 4.69) is 47.3 Å². The number of ether oxygens (including phenoxy) is 1. The summed E-state index contributed by atoms with van der Waals surface area (Å²) in [5.41, 5.74) is 4.83. The van der Waals surface area contributed by atoms with Crippen molar-refractivity contribution in [1.29, 1.82) is 0 Å². The molecule has 0 unspecified atom stereocenters. The molecule has 1 aromatic carbocycles. The van der Waals surface area contributed by atoms with Gasteiger partial charge >= 0.3 is 0 Å². The van der Waals surface area contributed by atoms with Crippen LogP contribution in [0.1, 0.15) is 17.0 Å². The lowest BCUT2D eigenvalue weighted by atomic mass is 10.0. The zero-order valence-corrected chi connectivity index (χ0v) is 11.8. The number of imidazole rings is 1. The molecule has 0 aliphatic rings. The van der Waals surface area contributed by atoms with Gasteiger partial charge in [0.25, 0.3) is 0 Å². The highest BCUT2D eigenvalue weighted by Gasteiger charge is 2.05. The van der Waals surface area contributed by atoms with Gasteiger partial charge in [0, 0.05) is 19.2 Å². The Balaban J connectivity index is 2.04. The Morgan fingerprint density at radius 1 is 1.32 bits per heavy atom. The van der Waals surface area contributed by atoms with Crippen molar-refractivity contribution in [2.45, 2.75) is 20.4 Å². The SMILES string of the molecule is COCCNCc1ncc(-c2ccc(C)cc2C)[nH]1. The fraction of sp³-hybridized carbons (Fsp3) is 0.400. The minimum absolute atomic E-state index is 0.713. The summed E-state index contributed by atoms with van der Waals surface area (Å²) >= 11 is 0. The molecule has 2 N–H and O–H groups in total. The maximum Gasteiger partial charge on any atom is 0.120 e. The molecule has 102 valence electrons. The normalized spacial score (nSPS) is 10.9. The van der Waals surface area contributed by atoms with E-state index in [1.165, 1.54) is 16.7 Å². The van der Waals surface area contributed by atoms with Crippen LogP contribution in [-0.4, -0.2) is 30.2 Å². The molecular formula is C15H21N3O. The van der Waals surface area contributed by atoms with Crippen LogP contribution in [0.15, 0.2) is 24.4 Å². The Morgan fingerprint density at radius 3 is 2.89 bits per heavy atom. The molecule has 0 aliphatic heterocycles. The number of aromatic amines is 1. The van der Waals surface area contributed by atoms with Crippen LogP contribution in [0.3, 0.4) is 0 Å². The quantitative estimate of drug-likeness (QED) is 0.783. The molecule has 0 fully saturated rings. The van der Waals surface area contributed by atoms with Crippen LogP contribution < -0.4 is 5.32 Å². The molecule has 0 radical (unpaired) electrons. The third kappa shape index (κ3) is 3.66. The van der Waals surface area contributed by atoms with E-state index in [1.807, 2.05) is 6.20 Å². The largest absolute Gasteiger partial charge is 0.383 e. The Hall–Kier alpha value is -1.65. The lowest BCUT2D eigenvalue weighted by Gasteiger charge is -2.04. The van der Waals surface area contributed by atoms with Crippen LogP contribution in [0.25, 0.3) is 11.3 Å². The molecule has 0 amide bonds. The summed E-state index contributed by atoms with van der Waals surface area (Å²) in [6, 6.07) is 6.45. The maximum absolute atomic E-state index is 4.99. The van der Waals surface area contributed by atoms with Crippen LogP contribution in [0.4, 0.5) is 0 Å². The van der Waals surface area contributed by atoms with E-state index in [0.717, 1.165) is 24.6 Å². The summed E-state index contributed by atoms with van der Waals surface area (Å²) in [6.45, 7) is 6.50. The molecule has 0 aliphatic carbocycles. The summed E-state index contributed by atoms with van der Waals surface area (Å²) in [5.74, 6) is 0.950. The number of benzene rings is 1. The van der Waals surface area contributed by atoms with E-state index in [1.54, 1.807) is 7.11 Å². The molecular weight excluding hydrogens is 238 g/mol. The zero-order chi connectivity index (χ0) is 13.7. The average molecular weight is 259 g/mol. The van der Waals surface area contributed by atoms with Gasteiger partial charge in [-0.1, -0.05) is 23.8 Å². The van der Waals surface area contributed by atoms with Gasteiger partial charge in [0.2, 0.25) is 0 Å². The highest BCUT2D eigenvalue weighted by molar-refractivity contribution is 5.63. The molecule has 2 rings (SSSR count). The number of H-pyrrole nitrogens is 1. The fourth-order valence-electron chi connectivity index (χ4n) is 2.09. The first-order valence-electron chi connectivity index (χ1n) is 6.52. The fourth-order valence-corrected chi connectivity index (χ4v) is 2.09. The lowest BCUT2D eigenvalue weighted by molar-refractivity contribution is 0.199. The number of nitrogens with one attached hydrogen (secondary N) is 2. The zero-order valence-electron chi connectivity index (χ0n) is 11.8. The van der Waals surface area contributed by atoms with Crippen LogP contribution in [-0.2, 0) is 11.3 Å². The van der Waals surface area contributed by atoms with Gasteiger partial charge in [0.15, 0.2) is 0 Å². The summed E-state index contributed by atoms with van der Waals surface area (Å²) in [7, 11) is 1.70. The second-order valence-corrected chi connectivity index (χ2v) is 4.73. The standard InChI is InChI=1S/C15H21N3O/c1-11-4-5-13(12(2)8-11)14-9-17-15(18-14)10-16-6-7-19-3/h4-5,8-9,16H,6-7,10H2,1-3H3,(H,17,18). The summed E-state index contributed by atoms with van der Waals surface area (Å²) in [5, 5.41) is 3.27. The number of methoxy groups -OCH3 is 1. The number of rotatable bonds is 6. The number of aromatic nitrogens is 2. The Morgan fingerprint density at radius 2 is 2.16 bits per heavy atom. The van der Waals surface area contributed by atoms with E-state index in [-0.39, 0.29) is 0 Å². The minimum atomic E-state index is 0.713. The smallest absolute Gasteiger partial charge is 0.120 e. The van der Waals surface area contributed by atoms with Crippen LogP contribution in [0.2, 0.25) is 0 Å². The van der Waals surface area contributed by atoms with Crippen molar-refractivity contribution < 1.29 is 4.74 Å². The van der Waals surface area contributed by atoms with E-state index in [4.69, 9.17) is 4.74 Å². The van der Waals surface area contributed by atoms with Crippen molar-refractivity contribution in [2.24, 2.45) is 0 Å². The second kappa shape index (κ2) is 6.50. The molecule has 2 aromatic rings. The highest BCUT2D eigenvalue weighted by Crippen LogP contribution is 2.22. The molecule has 1 heterocycles. The van der Waals surface area contributed by atoms with Gasteiger partial charge in [-0.3, -0.25) is 0 Å². The molecule has 19 heavy (non-hydrogen) atoms. The first-order valence-corrected chi connectivity index (χ1v) is 6.52. The predicted octanol–water partition coefficient (Wildman–Crippen LogP) is 2.43. The summed E-state index contributed by atoms with van der Waals surface area (Å²) < 4.78 is 4.99. The third-order valence-electron chi connectivity index (χ3n) is 3.08. The van der Waals surface area contributed by atoms with Crippen molar-refractivity contribution in [3.8, 4) is 11.3 Å². The van der Waals surface area contributed by atoms with Crippen LogP contribution >= 0.6 is 0 Å². The molecule has 0 atom stereocenters. The van der Waals surface area contributed by atoms with Gasteiger partial charge in [-0.15, -0.1) is 0 Å². The minimum Gasteiger partial charge on any atom is -0.383 e. The Labute approximate surface area is 114 Å². The summed E-state index contributed by atoms with van der Waals surface area (Å²) in [4.78, 5) is 7.75. The number of aryl methyl sites for hydroxylation is 2. The van der Waals surface area contributed by atoms with Gasteiger partial charge in [-0.25, -0.2) is 4.98 Å². The monoisotopic (exact) mass is 259 g/mol. The van der Waals surface area contributed by atoms with Crippen molar-refractivity contribution >= 4 is 0 Å². The lowest BCUT2D eigenvalue weighted by Crippen LogP contribution is -2.19. The predicted molar refractivity (Wildman–Crippen MR) is 77.1 cm³/mol. The molecule has 0 bridgehead atoms. The van der Waals surface area contributed by atoms with Gasteiger partial charge in [0.1, 0.15) is 5.82 Å². The summed E-state index contributed by atoms with van der Waals surface area (Å²) in [6.07, 6.45) is 1.89. The van der Waals surface area contributed by atoms with Gasteiger partial charge in [-0.2, -0.15) is 0 Å². The van der Waals surface area contributed by atoms with Crippen molar-refractivity contribution in [2.75, 3.05) is 20.3 Å². The first kappa shape index (κ1) is 13.8. The second-order valence-electron chi connectivity index (χ2n) is 4.73. The average Bonchev–Trinajstić information content (AvgIpc) is 2.83. The van der Waals surface area contributed by atoms with E-state index >= 15 is 0 Å². The van der Waals surface area contributed by atoms with E-state index in [9.17, 15) is 0 Å². The topological polar surface area (TPSA) is 49.9 Å². The number of nitrogens with zero attached hydrogens (tertiary/aromatic N) is 1. The molecule has 0 saturated heterocycles. The Bertz CT molecular complexity index is 534. The maximum atomic E-state index is 4.99. The Kier molecular flexibility index (Phi) is 4.71. The number of hydrogen-bond donors (Lipinski definition) is 2. The van der Waals surface area contributed by atoms with Crippen LogP contribution in [0, 0.1) is 13.8 Å². The molecule has 0 saturated carbocycles. The molecule has 4 nitrogen and oxygen atoms in total. The highest BCUT2D eigenvalue weighted by atomic mass is 16.5. The molecule has 4 heteroatoms. The van der Waals surface area contributed by atoms with E-state index in [0.29, 0.717) is 6.61 Å². The molecule has 0 spiro atoms. The van der Waals surface area contributed by atoms with Gasteiger partial charge in [0.05, 0.1) is 25.0 Å². The number of hydrogen-bond acceptors (Lipinski definition) is 3. The van der Waals surface area contributed by atoms with Crippen molar-refractivity contribution in [3.63, 3.8) is 0 Å². The van der Waals surface area contributed by atoms with Gasteiger partial charge < -0.3 is 15.0 Å². The van der Waals surface area contributed by atoms with Crippen molar-refractivity contribution in [1.82, 2.24) is 15.3 Å². The van der Waals surface area contributed by atoms with E-state index < -0.39 is 0 Å². The van der Waals surface area contributed by atoms with Gasteiger partial charge in [-0.05, 0) is 19.4 Å². The van der Waals surface area contributed by atoms with Crippen molar-refractivity contribution in [3.05, 3.63) is 41.3 Å². The first-order chi connectivity index (χ1) is 9.20. The van der Waals surface area contributed by atoms with Crippen LogP contribution in [0.5, 0.6) is 0 Å². The molecule has 1 aromatic heterocycles.